The summed E-state index contributed by atoms with van der Waals surface area (Å²) < 4.78 is 0. The molecule has 1 heterocycles. The van der Waals surface area contributed by atoms with Crippen molar-refractivity contribution in [3.05, 3.63) is 34.8 Å². The summed E-state index contributed by atoms with van der Waals surface area (Å²) in [6, 6.07) is 7.64. The molecule has 1 atom stereocenters. The zero-order valence-electron chi connectivity index (χ0n) is 12.5. The first-order chi connectivity index (χ1) is 10.1. The normalized spacial score (nSPS) is 12.0. The Morgan fingerprint density at radius 1 is 1.29 bits per heavy atom. The molecule has 1 aromatic heterocycles. The van der Waals surface area contributed by atoms with Gasteiger partial charge in [0, 0.05) is 5.69 Å². The fourth-order valence-electron chi connectivity index (χ4n) is 1.92. The van der Waals surface area contributed by atoms with Gasteiger partial charge in [0.05, 0.1) is 0 Å². The Bertz CT molecular complexity index is 611. The van der Waals surface area contributed by atoms with Crippen molar-refractivity contribution in [1.82, 2.24) is 10.2 Å². The molecule has 2 rings (SSSR count). The molecule has 21 heavy (non-hydrogen) atoms. The Balaban J connectivity index is 2.03. The van der Waals surface area contributed by atoms with Gasteiger partial charge in [0.15, 0.2) is 0 Å². The first kappa shape index (κ1) is 15.4. The SMILES string of the molecule is CCc1nnc(NC(=O)[C@H](CC)Nc2ccccc2C)s1. The number of hydrogen-bond donors (Lipinski definition) is 2. The van der Waals surface area contributed by atoms with Crippen LogP contribution in [0.2, 0.25) is 0 Å². The second-order valence-corrected chi connectivity index (χ2v) is 5.83. The average Bonchev–Trinajstić information content (AvgIpc) is 2.94. The van der Waals surface area contributed by atoms with Gasteiger partial charge in [0.25, 0.3) is 0 Å². The van der Waals surface area contributed by atoms with Gasteiger partial charge in [-0.25, -0.2) is 0 Å². The molecular formula is C15H20N4OS. The second kappa shape index (κ2) is 7.17. The lowest BCUT2D eigenvalue weighted by Crippen LogP contribution is -2.34. The lowest BCUT2D eigenvalue weighted by atomic mass is 10.1. The highest BCUT2D eigenvalue weighted by Gasteiger charge is 2.18. The van der Waals surface area contributed by atoms with E-state index in [0.717, 1.165) is 22.7 Å². The van der Waals surface area contributed by atoms with Gasteiger partial charge >= 0.3 is 0 Å². The van der Waals surface area contributed by atoms with Gasteiger partial charge in [-0.05, 0) is 31.4 Å². The summed E-state index contributed by atoms with van der Waals surface area (Å²) in [4.78, 5) is 12.3. The van der Waals surface area contributed by atoms with Crippen molar-refractivity contribution >= 4 is 28.1 Å². The summed E-state index contributed by atoms with van der Waals surface area (Å²) >= 11 is 1.42. The lowest BCUT2D eigenvalue weighted by Gasteiger charge is -2.18. The van der Waals surface area contributed by atoms with Crippen molar-refractivity contribution in [3.8, 4) is 0 Å². The molecule has 0 unspecified atom stereocenters. The lowest BCUT2D eigenvalue weighted by molar-refractivity contribution is -0.117. The Morgan fingerprint density at radius 3 is 2.67 bits per heavy atom. The molecule has 0 aliphatic heterocycles. The monoisotopic (exact) mass is 304 g/mol. The quantitative estimate of drug-likeness (QED) is 0.860. The van der Waals surface area contributed by atoms with Crippen molar-refractivity contribution in [2.24, 2.45) is 0 Å². The Kier molecular flexibility index (Phi) is 5.27. The van der Waals surface area contributed by atoms with Crippen LogP contribution in [0.4, 0.5) is 10.8 Å². The highest BCUT2D eigenvalue weighted by Crippen LogP contribution is 2.18. The van der Waals surface area contributed by atoms with Crippen molar-refractivity contribution in [1.29, 1.82) is 0 Å². The summed E-state index contributed by atoms with van der Waals surface area (Å²) in [5.41, 5.74) is 2.10. The molecular weight excluding hydrogens is 284 g/mol. The maximum absolute atomic E-state index is 12.3. The molecule has 112 valence electrons. The van der Waals surface area contributed by atoms with Crippen LogP contribution in [0.3, 0.4) is 0 Å². The van der Waals surface area contributed by atoms with E-state index in [1.807, 2.05) is 45.0 Å². The molecule has 2 N–H and O–H groups in total. The summed E-state index contributed by atoms with van der Waals surface area (Å²) in [5.74, 6) is -0.0837. The average molecular weight is 304 g/mol. The summed E-state index contributed by atoms with van der Waals surface area (Å²) in [6.45, 7) is 6.01. The van der Waals surface area contributed by atoms with Crippen LogP contribution in [-0.4, -0.2) is 22.1 Å². The topological polar surface area (TPSA) is 66.9 Å². The molecule has 0 saturated heterocycles. The van der Waals surface area contributed by atoms with E-state index >= 15 is 0 Å². The van der Waals surface area contributed by atoms with Gasteiger partial charge in [-0.1, -0.05) is 43.4 Å². The molecule has 1 amide bonds. The predicted molar refractivity (Wildman–Crippen MR) is 86.8 cm³/mol. The van der Waals surface area contributed by atoms with Gasteiger partial charge < -0.3 is 5.32 Å². The summed E-state index contributed by atoms with van der Waals surface area (Å²) in [6.07, 6.45) is 1.52. The zero-order chi connectivity index (χ0) is 15.2. The molecule has 0 bridgehead atoms. The highest BCUT2D eigenvalue weighted by atomic mass is 32.1. The number of nitrogens with zero attached hydrogens (tertiary/aromatic N) is 2. The Hall–Kier alpha value is -1.95. The number of carbonyl (C=O) groups is 1. The van der Waals surface area contributed by atoms with Crippen molar-refractivity contribution in [2.75, 3.05) is 10.6 Å². The van der Waals surface area contributed by atoms with E-state index in [0.29, 0.717) is 11.6 Å². The molecule has 0 spiro atoms. The van der Waals surface area contributed by atoms with Crippen LogP contribution < -0.4 is 10.6 Å². The minimum absolute atomic E-state index is 0.0837. The van der Waals surface area contributed by atoms with E-state index in [1.165, 1.54) is 11.3 Å². The Morgan fingerprint density at radius 2 is 2.05 bits per heavy atom. The van der Waals surface area contributed by atoms with Crippen LogP contribution in [0.15, 0.2) is 24.3 Å². The number of aryl methyl sites for hydroxylation is 2. The standard InChI is InChI=1S/C15H20N4OS/c1-4-11(16-12-9-7-6-8-10(12)3)14(20)17-15-19-18-13(5-2)21-15/h6-9,11,16H,4-5H2,1-3H3,(H,17,19,20)/t11-/m0/s1. The van der Waals surface area contributed by atoms with Crippen LogP contribution in [0, 0.1) is 6.92 Å². The molecule has 6 heteroatoms. The molecule has 0 radical (unpaired) electrons. The minimum atomic E-state index is -0.292. The summed E-state index contributed by atoms with van der Waals surface area (Å²) in [7, 11) is 0. The van der Waals surface area contributed by atoms with Crippen molar-refractivity contribution in [2.45, 2.75) is 39.7 Å². The largest absolute Gasteiger partial charge is 0.373 e. The Labute approximate surface area is 128 Å². The van der Waals surface area contributed by atoms with Gasteiger partial charge in [0.1, 0.15) is 11.0 Å². The number of para-hydroxylation sites is 1. The number of carbonyl (C=O) groups excluding carboxylic acids is 1. The van der Waals surface area contributed by atoms with Crippen LogP contribution in [0.5, 0.6) is 0 Å². The maximum atomic E-state index is 12.3. The number of nitrogens with one attached hydrogen (secondary N) is 2. The molecule has 0 fully saturated rings. The van der Waals surface area contributed by atoms with E-state index in [2.05, 4.69) is 20.8 Å². The molecule has 0 aliphatic rings. The number of aromatic nitrogens is 2. The predicted octanol–water partition coefficient (Wildman–Crippen LogP) is 3.24. The second-order valence-electron chi connectivity index (χ2n) is 4.76. The molecule has 1 aromatic carbocycles. The van der Waals surface area contributed by atoms with E-state index in [1.54, 1.807) is 0 Å². The van der Waals surface area contributed by atoms with Crippen LogP contribution in [0.25, 0.3) is 0 Å². The van der Waals surface area contributed by atoms with Crippen LogP contribution >= 0.6 is 11.3 Å². The maximum Gasteiger partial charge on any atom is 0.248 e. The number of rotatable bonds is 6. The zero-order valence-corrected chi connectivity index (χ0v) is 13.3. The van der Waals surface area contributed by atoms with Crippen LogP contribution in [-0.2, 0) is 11.2 Å². The fourth-order valence-corrected chi connectivity index (χ4v) is 2.60. The minimum Gasteiger partial charge on any atom is -0.373 e. The van der Waals surface area contributed by atoms with Gasteiger partial charge in [-0.3, -0.25) is 10.1 Å². The van der Waals surface area contributed by atoms with Gasteiger partial charge in [0.2, 0.25) is 11.0 Å². The number of anilines is 2. The van der Waals surface area contributed by atoms with E-state index < -0.39 is 0 Å². The van der Waals surface area contributed by atoms with Crippen molar-refractivity contribution < 1.29 is 4.79 Å². The molecule has 5 nitrogen and oxygen atoms in total. The summed E-state index contributed by atoms with van der Waals surface area (Å²) in [5, 5.41) is 15.6. The number of amides is 1. The molecule has 2 aromatic rings. The third-order valence-corrected chi connectivity index (χ3v) is 4.18. The molecule has 0 saturated carbocycles. The third-order valence-electron chi connectivity index (χ3n) is 3.20. The van der Waals surface area contributed by atoms with Crippen molar-refractivity contribution in [3.63, 3.8) is 0 Å². The highest BCUT2D eigenvalue weighted by molar-refractivity contribution is 7.15. The smallest absolute Gasteiger partial charge is 0.248 e. The van der Waals surface area contributed by atoms with E-state index in [4.69, 9.17) is 0 Å². The van der Waals surface area contributed by atoms with Gasteiger partial charge in [-0.15, -0.1) is 10.2 Å². The number of hydrogen-bond acceptors (Lipinski definition) is 5. The third kappa shape index (κ3) is 4.01. The number of benzene rings is 1. The first-order valence-corrected chi connectivity index (χ1v) is 7.91. The van der Waals surface area contributed by atoms with E-state index in [-0.39, 0.29) is 11.9 Å². The first-order valence-electron chi connectivity index (χ1n) is 7.09. The van der Waals surface area contributed by atoms with Crippen LogP contribution in [0.1, 0.15) is 30.8 Å². The van der Waals surface area contributed by atoms with E-state index in [9.17, 15) is 4.79 Å². The molecule has 0 aliphatic carbocycles. The fraction of sp³-hybridized carbons (Fsp3) is 0.400. The van der Waals surface area contributed by atoms with Gasteiger partial charge in [-0.2, -0.15) is 0 Å².